The second-order valence-electron chi connectivity index (χ2n) is 3.29. The molecule has 0 aliphatic rings. The van der Waals surface area contributed by atoms with Crippen LogP contribution in [0, 0.1) is 5.82 Å². The van der Waals surface area contributed by atoms with E-state index in [1.165, 1.54) is 6.07 Å². The van der Waals surface area contributed by atoms with Crippen LogP contribution in [0.2, 0.25) is 0 Å². The Labute approximate surface area is 107 Å². The molecule has 88 valence electrons. The Morgan fingerprint density at radius 1 is 1.44 bits per heavy atom. The maximum atomic E-state index is 13.3. The zero-order valence-electron chi connectivity index (χ0n) is 8.60. The zero-order chi connectivity index (χ0) is 12.0. The van der Waals surface area contributed by atoms with Crippen molar-refractivity contribution < 1.29 is 9.18 Å². The summed E-state index contributed by atoms with van der Waals surface area (Å²) in [6.07, 6.45) is 1.85. The smallest absolute Gasteiger partial charge is 0.224 e. The van der Waals surface area contributed by atoms with Gasteiger partial charge in [-0.05, 0) is 40.9 Å². The summed E-state index contributed by atoms with van der Waals surface area (Å²) in [6.45, 7) is 0. The molecule has 0 aromatic heterocycles. The van der Waals surface area contributed by atoms with Gasteiger partial charge < -0.3 is 5.32 Å². The fraction of sp³-hybridized carbons (Fsp3) is 0.364. The van der Waals surface area contributed by atoms with Gasteiger partial charge in [-0.2, -0.15) is 0 Å². The third-order valence-corrected chi connectivity index (χ3v) is 2.94. The van der Waals surface area contributed by atoms with Crippen molar-refractivity contribution in [3.05, 3.63) is 28.5 Å². The first-order valence-electron chi connectivity index (χ1n) is 4.95. The number of amides is 1. The number of anilines is 1. The molecule has 0 heterocycles. The highest BCUT2D eigenvalue weighted by molar-refractivity contribution is 9.10. The second-order valence-corrected chi connectivity index (χ2v) is 4.52. The maximum Gasteiger partial charge on any atom is 0.224 e. The number of benzene rings is 1. The number of halogens is 3. The lowest BCUT2D eigenvalue weighted by molar-refractivity contribution is -0.116. The van der Waals surface area contributed by atoms with E-state index in [0.717, 1.165) is 6.42 Å². The van der Waals surface area contributed by atoms with Gasteiger partial charge in [0.05, 0.1) is 5.69 Å². The van der Waals surface area contributed by atoms with Crippen LogP contribution < -0.4 is 5.32 Å². The van der Waals surface area contributed by atoms with Crippen molar-refractivity contribution >= 4 is 39.1 Å². The van der Waals surface area contributed by atoms with Crippen LogP contribution in [-0.4, -0.2) is 11.8 Å². The molecular formula is C11H12BrClFNO. The Morgan fingerprint density at radius 2 is 2.19 bits per heavy atom. The molecule has 16 heavy (non-hydrogen) atoms. The highest BCUT2D eigenvalue weighted by atomic mass is 79.9. The lowest BCUT2D eigenvalue weighted by Crippen LogP contribution is -2.12. The Balaban J connectivity index is 2.56. The fourth-order valence-electron chi connectivity index (χ4n) is 1.20. The molecule has 0 fully saturated rings. The number of para-hydroxylation sites is 1. The van der Waals surface area contributed by atoms with Crippen LogP contribution >= 0.6 is 27.5 Å². The second kappa shape index (κ2) is 6.86. The molecular weight excluding hydrogens is 296 g/mol. The van der Waals surface area contributed by atoms with Crippen molar-refractivity contribution in [2.24, 2.45) is 0 Å². The van der Waals surface area contributed by atoms with Gasteiger partial charge in [0.15, 0.2) is 0 Å². The van der Waals surface area contributed by atoms with Gasteiger partial charge in [-0.15, -0.1) is 11.6 Å². The van der Waals surface area contributed by atoms with Gasteiger partial charge in [0.1, 0.15) is 5.82 Å². The number of hydrogen-bond donors (Lipinski definition) is 1. The van der Waals surface area contributed by atoms with E-state index in [2.05, 4.69) is 21.2 Å². The van der Waals surface area contributed by atoms with Gasteiger partial charge in [0, 0.05) is 16.8 Å². The molecule has 0 radical (unpaired) electrons. The molecule has 1 rings (SSSR count). The summed E-state index contributed by atoms with van der Waals surface area (Å²) in [6, 6.07) is 4.55. The Morgan fingerprint density at radius 3 is 2.81 bits per heavy atom. The molecule has 1 N–H and O–H groups in total. The normalized spacial score (nSPS) is 10.2. The third kappa shape index (κ3) is 4.10. The fourth-order valence-corrected chi connectivity index (χ4v) is 1.83. The molecule has 2 nitrogen and oxygen atoms in total. The van der Waals surface area contributed by atoms with E-state index >= 15 is 0 Å². The number of carbonyl (C=O) groups excluding carboxylic acids is 1. The van der Waals surface area contributed by atoms with Crippen molar-refractivity contribution in [1.29, 1.82) is 0 Å². The summed E-state index contributed by atoms with van der Waals surface area (Å²) in [4.78, 5) is 11.5. The molecule has 0 aliphatic carbocycles. The molecule has 0 unspecified atom stereocenters. The van der Waals surface area contributed by atoms with Crippen LogP contribution in [0.25, 0.3) is 0 Å². The van der Waals surface area contributed by atoms with E-state index in [1.54, 1.807) is 12.1 Å². The SMILES string of the molecule is O=C(CCCCCl)Nc1c(F)cccc1Br. The molecule has 0 saturated heterocycles. The molecule has 0 bridgehead atoms. The Bertz CT molecular complexity index is 353. The van der Waals surface area contributed by atoms with E-state index < -0.39 is 5.82 Å². The van der Waals surface area contributed by atoms with E-state index in [9.17, 15) is 9.18 Å². The van der Waals surface area contributed by atoms with Gasteiger partial charge >= 0.3 is 0 Å². The number of rotatable bonds is 5. The molecule has 1 aromatic rings. The first-order chi connectivity index (χ1) is 7.65. The highest BCUT2D eigenvalue weighted by Gasteiger charge is 2.09. The predicted octanol–water partition coefficient (Wildman–Crippen LogP) is 3.94. The monoisotopic (exact) mass is 307 g/mol. The first kappa shape index (κ1) is 13.5. The van der Waals surface area contributed by atoms with E-state index in [4.69, 9.17) is 11.6 Å². The quantitative estimate of drug-likeness (QED) is 0.648. The van der Waals surface area contributed by atoms with Gasteiger partial charge in [-0.3, -0.25) is 4.79 Å². The third-order valence-electron chi connectivity index (χ3n) is 2.01. The van der Waals surface area contributed by atoms with Crippen LogP contribution in [0.4, 0.5) is 10.1 Å². The standard InChI is InChI=1S/C11H12BrClFNO/c12-8-4-3-5-9(14)11(8)15-10(16)6-1-2-7-13/h3-5H,1-2,6-7H2,(H,15,16). The summed E-state index contributed by atoms with van der Waals surface area (Å²) in [5, 5.41) is 2.53. The van der Waals surface area contributed by atoms with Crippen LogP contribution in [-0.2, 0) is 4.79 Å². The highest BCUT2D eigenvalue weighted by Crippen LogP contribution is 2.25. The first-order valence-corrected chi connectivity index (χ1v) is 6.27. The Hall–Kier alpha value is -0.610. The summed E-state index contributed by atoms with van der Waals surface area (Å²) in [5.41, 5.74) is 0.193. The summed E-state index contributed by atoms with van der Waals surface area (Å²) >= 11 is 8.68. The maximum absolute atomic E-state index is 13.3. The minimum Gasteiger partial charge on any atom is -0.323 e. The van der Waals surface area contributed by atoms with E-state index in [0.29, 0.717) is 23.2 Å². The van der Waals surface area contributed by atoms with Gasteiger partial charge in [0.25, 0.3) is 0 Å². The number of alkyl halides is 1. The average molecular weight is 309 g/mol. The molecule has 1 amide bonds. The lowest BCUT2D eigenvalue weighted by Gasteiger charge is -2.07. The van der Waals surface area contributed by atoms with Gasteiger partial charge in [-0.25, -0.2) is 4.39 Å². The lowest BCUT2D eigenvalue weighted by atomic mass is 10.2. The molecule has 0 saturated carbocycles. The average Bonchev–Trinajstić information content (AvgIpc) is 2.24. The van der Waals surface area contributed by atoms with Crippen LogP contribution in [0.3, 0.4) is 0 Å². The summed E-state index contributed by atoms with van der Waals surface area (Å²) in [5.74, 6) is -0.104. The number of hydrogen-bond acceptors (Lipinski definition) is 1. The molecule has 0 spiro atoms. The topological polar surface area (TPSA) is 29.1 Å². The van der Waals surface area contributed by atoms with Crippen molar-refractivity contribution in [3.63, 3.8) is 0 Å². The minimum absolute atomic E-state index is 0.193. The van der Waals surface area contributed by atoms with Crippen LogP contribution in [0.5, 0.6) is 0 Å². The molecule has 0 atom stereocenters. The molecule has 0 aliphatic heterocycles. The summed E-state index contributed by atoms with van der Waals surface area (Å²) in [7, 11) is 0. The van der Waals surface area contributed by atoms with Crippen molar-refractivity contribution in [2.75, 3.05) is 11.2 Å². The molecule has 5 heteroatoms. The number of nitrogens with one attached hydrogen (secondary N) is 1. The van der Waals surface area contributed by atoms with Gasteiger partial charge in [-0.1, -0.05) is 6.07 Å². The predicted molar refractivity (Wildman–Crippen MR) is 67.3 cm³/mol. The van der Waals surface area contributed by atoms with E-state index in [1.807, 2.05) is 0 Å². The largest absolute Gasteiger partial charge is 0.323 e. The minimum atomic E-state index is -0.444. The van der Waals surface area contributed by atoms with Crippen LogP contribution in [0.15, 0.2) is 22.7 Å². The van der Waals surface area contributed by atoms with E-state index in [-0.39, 0.29) is 11.6 Å². The summed E-state index contributed by atoms with van der Waals surface area (Å²) < 4.78 is 13.9. The van der Waals surface area contributed by atoms with Crippen molar-refractivity contribution in [3.8, 4) is 0 Å². The zero-order valence-corrected chi connectivity index (χ0v) is 10.9. The van der Waals surface area contributed by atoms with Crippen molar-refractivity contribution in [1.82, 2.24) is 0 Å². The van der Waals surface area contributed by atoms with Gasteiger partial charge in [0.2, 0.25) is 5.91 Å². The van der Waals surface area contributed by atoms with Crippen molar-refractivity contribution in [2.45, 2.75) is 19.3 Å². The Kier molecular flexibility index (Phi) is 5.77. The number of carbonyl (C=O) groups is 1. The molecule has 1 aromatic carbocycles. The van der Waals surface area contributed by atoms with Crippen LogP contribution in [0.1, 0.15) is 19.3 Å². The number of unbranched alkanes of at least 4 members (excludes halogenated alkanes) is 1.